The fourth-order valence-corrected chi connectivity index (χ4v) is 7.25. The lowest BCUT2D eigenvalue weighted by Gasteiger charge is -2.58. The van der Waals surface area contributed by atoms with Crippen molar-refractivity contribution in [2.75, 3.05) is 0 Å². The summed E-state index contributed by atoms with van der Waals surface area (Å²) < 4.78 is 0. The van der Waals surface area contributed by atoms with Crippen molar-refractivity contribution >= 4 is 0 Å². The molecule has 0 radical (unpaired) electrons. The average Bonchev–Trinajstić information content (AvgIpc) is 2.95. The van der Waals surface area contributed by atoms with Gasteiger partial charge in [0.15, 0.2) is 0 Å². The van der Waals surface area contributed by atoms with Crippen molar-refractivity contribution < 1.29 is 5.11 Å². The van der Waals surface area contributed by atoms with Crippen LogP contribution in [0.1, 0.15) is 73.1 Å². The van der Waals surface area contributed by atoms with Gasteiger partial charge in [-0.2, -0.15) is 0 Å². The molecule has 0 saturated heterocycles. The third-order valence-electron chi connectivity index (χ3n) is 8.83. The van der Waals surface area contributed by atoms with E-state index in [1.165, 1.54) is 32.1 Å². The molecule has 4 rings (SSSR count). The number of fused-ring (bicyclic) bond motifs is 5. The van der Waals surface area contributed by atoms with Gasteiger partial charge in [0.2, 0.25) is 0 Å². The number of aliphatic hydroxyl groups excluding tert-OH is 1. The van der Waals surface area contributed by atoms with Crippen molar-refractivity contribution in [1.29, 1.82) is 0 Å². The van der Waals surface area contributed by atoms with Gasteiger partial charge in [0.1, 0.15) is 0 Å². The quantitative estimate of drug-likeness (QED) is 0.729. The SMILES string of the molecule is CC(C)[C@@H]1CC[C@]2(C)CC[C@@]3(C)C[C@@H](O)[C@@]4(C)C[C@H]4[C@@H]3[C@H]12. The Morgan fingerprint density at radius 2 is 1.57 bits per heavy atom. The van der Waals surface area contributed by atoms with Gasteiger partial charge >= 0.3 is 0 Å². The summed E-state index contributed by atoms with van der Waals surface area (Å²) in [5.74, 6) is 4.39. The molecule has 0 heterocycles. The Balaban J connectivity index is 1.75. The Morgan fingerprint density at radius 3 is 2.24 bits per heavy atom. The van der Waals surface area contributed by atoms with Crippen molar-refractivity contribution in [1.82, 2.24) is 0 Å². The molecule has 8 atom stereocenters. The van der Waals surface area contributed by atoms with Crippen LogP contribution in [0.3, 0.4) is 0 Å². The topological polar surface area (TPSA) is 20.2 Å². The summed E-state index contributed by atoms with van der Waals surface area (Å²) >= 11 is 0. The van der Waals surface area contributed by atoms with Gasteiger partial charge in [-0.3, -0.25) is 0 Å². The average molecular weight is 290 g/mol. The van der Waals surface area contributed by atoms with Crippen LogP contribution in [-0.2, 0) is 0 Å². The van der Waals surface area contributed by atoms with Crippen LogP contribution >= 0.6 is 0 Å². The Hall–Kier alpha value is -0.0400. The second-order valence-corrected chi connectivity index (χ2v) is 10.3. The lowest BCUT2D eigenvalue weighted by molar-refractivity contribution is -0.120. The third-order valence-corrected chi connectivity index (χ3v) is 8.83. The van der Waals surface area contributed by atoms with Gasteiger partial charge in [0.25, 0.3) is 0 Å². The lowest BCUT2D eigenvalue weighted by atomic mass is 9.47. The molecule has 0 aromatic heterocycles. The highest BCUT2D eigenvalue weighted by molar-refractivity contribution is 5.20. The summed E-state index contributed by atoms with van der Waals surface area (Å²) in [4.78, 5) is 0. The van der Waals surface area contributed by atoms with Crippen LogP contribution in [0.4, 0.5) is 0 Å². The first kappa shape index (κ1) is 14.5. The number of aliphatic hydroxyl groups is 1. The van der Waals surface area contributed by atoms with Crippen molar-refractivity contribution in [3.05, 3.63) is 0 Å². The molecule has 21 heavy (non-hydrogen) atoms. The monoisotopic (exact) mass is 290 g/mol. The van der Waals surface area contributed by atoms with Crippen LogP contribution in [0.5, 0.6) is 0 Å². The van der Waals surface area contributed by atoms with Gasteiger partial charge in [0, 0.05) is 0 Å². The normalized spacial score (nSPS) is 62.1. The van der Waals surface area contributed by atoms with Crippen molar-refractivity contribution in [3.8, 4) is 0 Å². The minimum absolute atomic E-state index is 0.0352. The number of rotatable bonds is 1. The van der Waals surface area contributed by atoms with Gasteiger partial charge in [-0.15, -0.1) is 0 Å². The summed E-state index contributed by atoms with van der Waals surface area (Å²) in [5.41, 5.74) is 1.29. The second-order valence-electron chi connectivity index (χ2n) is 10.3. The zero-order chi connectivity index (χ0) is 15.2. The van der Waals surface area contributed by atoms with Crippen LogP contribution in [0.2, 0.25) is 0 Å². The summed E-state index contributed by atoms with van der Waals surface area (Å²) in [6.45, 7) is 12.4. The highest BCUT2D eigenvalue weighted by Crippen LogP contribution is 2.76. The maximum atomic E-state index is 10.7. The van der Waals surface area contributed by atoms with E-state index in [2.05, 4.69) is 34.6 Å². The predicted octanol–water partition coefficient (Wildman–Crippen LogP) is 4.88. The summed E-state index contributed by atoms with van der Waals surface area (Å²) in [6.07, 6.45) is 8.01. The molecule has 1 nitrogen and oxygen atoms in total. The molecule has 0 aliphatic heterocycles. The molecule has 4 fully saturated rings. The third kappa shape index (κ3) is 1.73. The van der Waals surface area contributed by atoms with Crippen LogP contribution < -0.4 is 0 Å². The Bertz CT molecular complexity index is 457. The molecular weight excluding hydrogens is 256 g/mol. The summed E-state index contributed by atoms with van der Waals surface area (Å²) in [7, 11) is 0. The van der Waals surface area contributed by atoms with Crippen LogP contribution in [0.15, 0.2) is 0 Å². The molecule has 1 N–H and O–H groups in total. The minimum atomic E-state index is -0.0352. The van der Waals surface area contributed by atoms with Crippen LogP contribution in [-0.4, -0.2) is 11.2 Å². The van der Waals surface area contributed by atoms with Crippen molar-refractivity contribution in [3.63, 3.8) is 0 Å². The zero-order valence-electron chi connectivity index (χ0n) is 14.7. The maximum Gasteiger partial charge on any atom is 0.0601 e. The fourth-order valence-electron chi connectivity index (χ4n) is 7.25. The largest absolute Gasteiger partial charge is 0.393 e. The molecule has 0 unspecified atom stereocenters. The molecule has 0 bridgehead atoms. The van der Waals surface area contributed by atoms with Gasteiger partial charge in [0.05, 0.1) is 6.10 Å². The molecule has 0 spiro atoms. The van der Waals surface area contributed by atoms with Gasteiger partial charge in [-0.05, 0) is 84.4 Å². The van der Waals surface area contributed by atoms with E-state index in [4.69, 9.17) is 0 Å². The molecule has 0 aromatic rings. The van der Waals surface area contributed by atoms with Gasteiger partial charge in [-0.25, -0.2) is 0 Å². The number of hydrogen-bond donors (Lipinski definition) is 1. The summed E-state index contributed by atoms with van der Waals surface area (Å²) in [6, 6.07) is 0. The van der Waals surface area contributed by atoms with Gasteiger partial charge < -0.3 is 5.11 Å². The smallest absolute Gasteiger partial charge is 0.0601 e. The Kier molecular flexibility index (Phi) is 2.82. The first-order chi connectivity index (χ1) is 9.71. The maximum absolute atomic E-state index is 10.7. The van der Waals surface area contributed by atoms with E-state index in [0.29, 0.717) is 10.8 Å². The van der Waals surface area contributed by atoms with E-state index in [1.54, 1.807) is 0 Å². The number of hydrogen-bond acceptors (Lipinski definition) is 1. The molecule has 1 heteroatoms. The second kappa shape index (κ2) is 4.08. The highest BCUT2D eigenvalue weighted by atomic mass is 16.3. The van der Waals surface area contributed by atoms with E-state index in [9.17, 15) is 5.11 Å². The summed E-state index contributed by atoms with van der Waals surface area (Å²) in [5, 5.41) is 10.7. The molecule has 120 valence electrons. The Labute approximate surface area is 130 Å². The molecule has 4 aliphatic carbocycles. The molecule has 0 aromatic carbocycles. The highest BCUT2D eigenvalue weighted by Gasteiger charge is 2.71. The van der Waals surface area contributed by atoms with E-state index < -0.39 is 0 Å². The van der Waals surface area contributed by atoms with Gasteiger partial charge in [-0.1, -0.05) is 34.6 Å². The molecule has 0 amide bonds. The minimum Gasteiger partial charge on any atom is -0.393 e. The molecular formula is C20H34O. The van der Waals surface area contributed by atoms with Crippen molar-refractivity contribution in [2.24, 2.45) is 45.8 Å². The standard InChI is InChI=1S/C20H34O/c1-12(2)13-6-7-18(3)8-9-19(4)11-15(21)20(5)10-14(20)17(19)16(13)18/h12-17,21H,6-11H2,1-5H3/t13-,14-,15+,16-,17+,18+,19-,20-/m0/s1. The lowest BCUT2D eigenvalue weighted by Crippen LogP contribution is -2.53. The van der Waals surface area contributed by atoms with E-state index in [-0.39, 0.29) is 11.5 Å². The Morgan fingerprint density at radius 1 is 0.905 bits per heavy atom. The van der Waals surface area contributed by atoms with Crippen LogP contribution in [0, 0.1) is 45.8 Å². The fraction of sp³-hybridized carbons (Fsp3) is 1.00. The van der Waals surface area contributed by atoms with Crippen molar-refractivity contribution in [2.45, 2.75) is 79.2 Å². The molecule has 4 saturated carbocycles. The predicted molar refractivity (Wildman–Crippen MR) is 86.8 cm³/mol. The first-order valence-corrected chi connectivity index (χ1v) is 9.39. The van der Waals surface area contributed by atoms with Crippen LogP contribution in [0.25, 0.3) is 0 Å². The van der Waals surface area contributed by atoms with E-state index in [0.717, 1.165) is 36.0 Å². The first-order valence-electron chi connectivity index (χ1n) is 9.39. The van der Waals surface area contributed by atoms with E-state index >= 15 is 0 Å². The molecule has 4 aliphatic rings. The zero-order valence-corrected chi connectivity index (χ0v) is 14.7. The van der Waals surface area contributed by atoms with E-state index in [1.807, 2.05) is 0 Å².